The molecule has 1 aromatic heterocycles. The lowest BCUT2D eigenvalue weighted by atomic mass is 9.90. The van der Waals surface area contributed by atoms with Crippen LogP contribution in [0.5, 0.6) is 0 Å². The Kier molecular flexibility index (Phi) is 5.55. The predicted molar refractivity (Wildman–Crippen MR) is 127 cm³/mol. The molecule has 180 valence electrons. The van der Waals surface area contributed by atoms with Crippen LogP contribution in [0.2, 0.25) is 0 Å². The van der Waals surface area contributed by atoms with E-state index < -0.39 is 23.5 Å². The quantitative estimate of drug-likeness (QED) is 0.586. The lowest BCUT2D eigenvalue weighted by molar-refractivity contribution is -0.143. The first-order chi connectivity index (χ1) is 16.8. The minimum Gasteiger partial charge on any atom is -0.459 e. The first-order valence-corrected chi connectivity index (χ1v) is 11.6. The maximum absolute atomic E-state index is 13.5. The summed E-state index contributed by atoms with van der Waals surface area (Å²) in [6.07, 6.45) is 1.44. The highest BCUT2D eigenvalue weighted by Gasteiger charge is 2.52. The van der Waals surface area contributed by atoms with E-state index in [4.69, 9.17) is 4.42 Å². The number of carbonyl (C=O) groups is 4. The van der Waals surface area contributed by atoms with Crippen molar-refractivity contribution in [2.45, 2.75) is 25.4 Å². The molecule has 2 aliphatic heterocycles. The van der Waals surface area contributed by atoms with E-state index in [1.807, 2.05) is 42.5 Å². The fourth-order valence-corrected chi connectivity index (χ4v) is 4.77. The molecule has 2 aromatic carbocycles. The van der Waals surface area contributed by atoms with Crippen molar-refractivity contribution in [1.82, 2.24) is 20.0 Å². The van der Waals surface area contributed by atoms with Gasteiger partial charge in [0.05, 0.1) is 6.26 Å². The van der Waals surface area contributed by atoms with Crippen LogP contribution in [-0.4, -0.2) is 70.7 Å². The van der Waals surface area contributed by atoms with Crippen molar-refractivity contribution in [3.8, 4) is 0 Å². The van der Waals surface area contributed by atoms with E-state index in [0.717, 1.165) is 15.7 Å². The summed E-state index contributed by atoms with van der Waals surface area (Å²) < 4.78 is 5.17. The number of piperazine rings is 1. The van der Waals surface area contributed by atoms with Crippen LogP contribution >= 0.6 is 0 Å². The number of nitrogens with zero attached hydrogens (tertiary/aromatic N) is 3. The van der Waals surface area contributed by atoms with E-state index >= 15 is 0 Å². The molecule has 9 heteroatoms. The molecule has 2 saturated heterocycles. The fraction of sp³-hybridized carbons (Fsp3) is 0.308. The topological polar surface area (TPSA) is 103 Å². The zero-order valence-corrected chi connectivity index (χ0v) is 19.6. The van der Waals surface area contributed by atoms with Crippen molar-refractivity contribution in [2.24, 2.45) is 0 Å². The Morgan fingerprint density at radius 1 is 0.943 bits per heavy atom. The van der Waals surface area contributed by atoms with Gasteiger partial charge in [0.15, 0.2) is 5.76 Å². The maximum Gasteiger partial charge on any atom is 0.326 e. The summed E-state index contributed by atoms with van der Waals surface area (Å²) in [5, 5.41) is 4.78. The molecule has 9 nitrogen and oxygen atoms in total. The molecule has 1 N–H and O–H groups in total. The minimum atomic E-state index is -1.27. The second-order valence-electron chi connectivity index (χ2n) is 9.06. The highest BCUT2D eigenvalue weighted by molar-refractivity contribution is 6.10. The number of rotatable bonds is 4. The van der Waals surface area contributed by atoms with Crippen LogP contribution in [0.25, 0.3) is 10.8 Å². The lowest BCUT2D eigenvalue weighted by Crippen LogP contribution is -2.56. The summed E-state index contributed by atoms with van der Waals surface area (Å²) in [6.45, 7) is 4.52. The summed E-state index contributed by atoms with van der Waals surface area (Å²) in [5.41, 5.74) is -0.620. The standard InChI is InChI=1S/C26H26N4O5/c1-17(22(31)28-11-13-29(14-12-28)23(32)21-8-5-15-35-21)30-24(33)26(2,27-25(30)34)20-10-9-18-6-3-4-7-19(18)16-20/h3-10,15-17H,11-14H2,1-2H3,(H,27,34)/t17-,26-/m0/s1. The minimum absolute atomic E-state index is 0.226. The molecule has 0 spiro atoms. The number of carbonyl (C=O) groups excluding carboxylic acids is 4. The zero-order chi connectivity index (χ0) is 24.7. The van der Waals surface area contributed by atoms with Gasteiger partial charge in [0, 0.05) is 26.2 Å². The van der Waals surface area contributed by atoms with Crippen LogP contribution in [0.3, 0.4) is 0 Å². The van der Waals surface area contributed by atoms with E-state index in [-0.39, 0.29) is 17.6 Å². The van der Waals surface area contributed by atoms with E-state index in [1.54, 1.807) is 35.8 Å². The van der Waals surface area contributed by atoms with Crippen LogP contribution in [0.4, 0.5) is 4.79 Å². The van der Waals surface area contributed by atoms with E-state index in [1.165, 1.54) is 6.26 Å². The SMILES string of the molecule is C[C@@H](C(=O)N1CCN(C(=O)c2ccco2)CC1)N1C(=O)N[C@@](C)(c2ccc3ccccc3c2)C1=O. The van der Waals surface area contributed by atoms with Gasteiger partial charge in [0.1, 0.15) is 11.6 Å². The van der Waals surface area contributed by atoms with Gasteiger partial charge < -0.3 is 19.5 Å². The number of benzene rings is 2. The first-order valence-electron chi connectivity index (χ1n) is 11.6. The second kappa shape index (κ2) is 8.57. The Hall–Kier alpha value is -4.14. The van der Waals surface area contributed by atoms with Crippen molar-refractivity contribution in [1.29, 1.82) is 0 Å². The molecule has 2 aliphatic rings. The Labute approximate surface area is 202 Å². The average molecular weight is 475 g/mol. The monoisotopic (exact) mass is 474 g/mol. The molecule has 3 heterocycles. The highest BCUT2D eigenvalue weighted by Crippen LogP contribution is 2.32. The van der Waals surface area contributed by atoms with Gasteiger partial charge in [-0.2, -0.15) is 0 Å². The highest BCUT2D eigenvalue weighted by atomic mass is 16.3. The molecule has 0 aliphatic carbocycles. The maximum atomic E-state index is 13.5. The van der Waals surface area contributed by atoms with E-state index in [9.17, 15) is 19.2 Å². The number of urea groups is 1. The van der Waals surface area contributed by atoms with Crippen LogP contribution in [0.1, 0.15) is 30.0 Å². The number of fused-ring (bicyclic) bond motifs is 1. The van der Waals surface area contributed by atoms with Gasteiger partial charge in [-0.05, 0) is 48.4 Å². The van der Waals surface area contributed by atoms with Gasteiger partial charge in [-0.3, -0.25) is 14.4 Å². The Morgan fingerprint density at radius 3 is 2.31 bits per heavy atom. The number of amides is 5. The third-order valence-electron chi connectivity index (χ3n) is 6.90. The van der Waals surface area contributed by atoms with Gasteiger partial charge in [-0.1, -0.05) is 36.4 Å². The summed E-state index contributed by atoms with van der Waals surface area (Å²) in [5.74, 6) is -0.771. The normalized spacial score (nSPS) is 21.4. The molecular weight excluding hydrogens is 448 g/mol. The van der Waals surface area contributed by atoms with Gasteiger partial charge in [-0.15, -0.1) is 0 Å². The van der Waals surface area contributed by atoms with Crippen molar-refractivity contribution >= 4 is 34.5 Å². The first kappa shape index (κ1) is 22.6. The summed E-state index contributed by atoms with van der Waals surface area (Å²) in [4.78, 5) is 56.3. The average Bonchev–Trinajstić information content (AvgIpc) is 3.49. The summed E-state index contributed by atoms with van der Waals surface area (Å²) >= 11 is 0. The van der Waals surface area contributed by atoms with Crippen LogP contribution in [-0.2, 0) is 15.1 Å². The van der Waals surface area contributed by atoms with Gasteiger partial charge in [-0.25, -0.2) is 9.69 Å². The van der Waals surface area contributed by atoms with Crippen molar-refractivity contribution in [2.75, 3.05) is 26.2 Å². The van der Waals surface area contributed by atoms with Crippen molar-refractivity contribution in [3.05, 3.63) is 72.2 Å². The van der Waals surface area contributed by atoms with Crippen LogP contribution in [0.15, 0.2) is 65.3 Å². The number of imide groups is 1. The third kappa shape index (κ3) is 3.82. The smallest absolute Gasteiger partial charge is 0.326 e. The predicted octanol–water partition coefficient (Wildman–Crippen LogP) is 2.57. The molecule has 2 atom stereocenters. The van der Waals surface area contributed by atoms with Gasteiger partial charge >= 0.3 is 6.03 Å². The third-order valence-corrected chi connectivity index (χ3v) is 6.90. The molecule has 0 radical (unpaired) electrons. The molecule has 2 fully saturated rings. The van der Waals surface area contributed by atoms with Crippen molar-refractivity contribution < 1.29 is 23.6 Å². The molecule has 3 aromatic rings. The van der Waals surface area contributed by atoms with Crippen LogP contribution < -0.4 is 5.32 Å². The van der Waals surface area contributed by atoms with Crippen molar-refractivity contribution in [3.63, 3.8) is 0 Å². The van der Waals surface area contributed by atoms with E-state index in [0.29, 0.717) is 31.7 Å². The number of furan rings is 1. The fourth-order valence-electron chi connectivity index (χ4n) is 4.77. The second-order valence-corrected chi connectivity index (χ2v) is 9.06. The number of hydrogen-bond donors (Lipinski definition) is 1. The number of nitrogens with one attached hydrogen (secondary N) is 1. The molecular formula is C26H26N4O5. The van der Waals surface area contributed by atoms with E-state index in [2.05, 4.69) is 5.32 Å². The van der Waals surface area contributed by atoms with Crippen LogP contribution in [0, 0.1) is 0 Å². The lowest BCUT2D eigenvalue weighted by Gasteiger charge is -2.36. The van der Waals surface area contributed by atoms with Gasteiger partial charge in [0.2, 0.25) is 5.91 Å². The molecule has 0 unspecified atom stereocenters. The molecule has 0 saturated carbocycles. The van der Waals surface area contributed by atoms with Gasteiger partial charge in [0.25, 0.3) is 11.8 Å². The molecule has 5 amide bonds. The summed E-state index contributed by atoms with van der Waals surface area (Å²) in [6, 6.07) is 15.1. The Balaban J connectivity index is 1.29. The number of hydrogen-bond acceptors (Lipinski definition) is 5. The Bertz CT molecular complexity index is 1310. The molecule has 5 rings (SSSR count). The molecule has 35 heavy (non-hydrogen) atoms. The largest absolute Gasteiger partial charge is 0.459 e. The zero-order valence-electron chi connectivity index (χ0n) is 19.6. The Morgan fingerprint density at radius 2 is 1.63 bits per heavy atom. The molecule has 0 bridgehead atoms. The summed E-state index contributed by atoms with van der Waals surface area (Å²) in [7, 11) is 0.